The zero-order valence-corrected chi connectivity index (χ0v) is 16.5. The predicted molar refractivity (Wildman–Crippen MR) is 110 cm³/mol. The number of halogens is 2. The van der Waals surface area contributed by atoms with Crippen molar-refractivity contribution in [3.8, 4) is 5.75 Å². The Bertz CT molecular complexity index is 1070. The molecule has 0 heterocycles. The zero-order valence-electron chi connectivity index (χ0n) is 16.5. The Hall–Kier alpha value is -3.74. The van der Waals surface area contributed by atoms with Crippen LogP contribution in [0, 0.1) is 11.6 Å². The summed E-state index contributed by atoms with van der Waals surface area (Å²) in [6.45, 7) is 0.200. The average Bonchev–Trinajstić information content (AvgIpc) is 2.74. The molecule has 1 N–H and O–H groups in total. The van der Waals surface area contributed by atoms with Crippen molar-refractivity contribution in [1.82, 2.24) is 4.90 Å². The molecule has 2 amide bonds. The van der Waals surface area contributed by atoms with Crippen molar-refractivity contribution in [3.05, 3.63) is 95.1 Å². The number of nitrogens with one attached hydrogen (secondary N) is 1. The van der Waals surface area contributed by atoms with E-state index in [0.29, 0.717) is 22.4 Å². The molecule has 0 atom stereocenters. The van der Waals surface area contributed by atoms with Crippen LogP contribution in [-0.2, 0) is 6.54 Å². The van der Waals surface area contributed by atoms with E-state index in [0.717, 1.165) is 0 Å². The molecule has 0 saturated carbocycles. The number of hydrogen-bond donors (Lipinski definition) is 1. The third-order valence-corrected chi connectivity index (χ3v) is 4.46. The van der Waals surface area contributed by atoms with E-state index < -0.39 is 17.5 Å². The van der Waals surface area contributed by atoms with E-state index in [1.807, 2.05) is 0 Å². The van der Waals surface area contributed by atoms with E-state index in [1.54, 1.807) is 37.4 Å². The third-order valence-electron chi connectivity index (χ3n) is 4.46. The third kappa shape index (κ3) is 5.00. The minimum absolute atomic E-state index is 0.136. The van der Waals surface area contributed by atoms with Crippen molar-refractivity contribution in [1.29, 1.82) is 0 Å². The minimum atomic E-state index is -0.499. The maximum absolute atomic E-state index is 13.9. The Morgan fingerprint density at radius 2 is 1.70 bits per heavy atom. The van der Waals surface area contributed by atoms with Crippen LogP contribution in [0.25, 0.3) is 0 Å². The normalized spacial score (nSPS) is 10.4. The second-order valence-corrected chi connectivity index (χ2v) is 6.67. The number of hydrogen-bond acceptors (Lipinski definition) is 3. The molecule has 0 unspecified atom stereocenters. The van der Waals surface area contributed by atoms with Gasteiger partial charge in [0.15, 0.2) is 11.6 Å². The van der Waals surface area contributed by atoms with Gasteiger partial charge in [0.1, 0.15) is 5.82 Å². The second-order valence-electron chi connectivity index (χ2n) is 6.67. The minimum Gasteiger partial charge on any atom is -0.494 e. The second kappa shape index (κ2) is 9.17. The van der Waals surface area contributed by atoms with Gasteiger partial charge in [-0.3, -0.25) is 9.59 Å². The molecule has 0 bridgehead atoms. The molecular formula is C23H20F2N2O3. The highest BCUT2D eigenvalue weighted by atomic mass is 19.1. The molecule has 0 aromatic heterocycles. The van der Waals surface area contributed by atoms with Crippen molar-refractivity contribution in [2.24, 2.45) is 0 Å². The number of nitrogens with zero attached hydrogens (tertiary/aromatic N) is 1. The van der Waals surface area contributed by atoms with Crippen LogP contribution in [0.1, 0.15) is 26.3 Å². The topological polar surface area (TPSA) is 58.6 Å². The van der Waals surface area contributed by atoms with Gasteiger partial charge in [0.25, 0.3) is 11.8 Å². The van der Waals surface area contributed by atoms with Gasteiger partial charge in [-0.1, -0.05) is 12.1 Å². The van der Waals surface area contributed by atoms with Gasteiger partial charge in [0, 0.05) is 30.4 Å². The first-order valence-corrected chi connectivity index (χ1v) is 9.12. The van der Waals surface area contributed by atoms with Crippen molar-refractivity contribution in [3.63, 3.8) is 0 Å². The molecule has 3 rings (SSSR count). The highest BCUT2D eigenvalue weighted by Gasteiger charge is 2.15. The van der Waals surface area contributed by atoms with Crippen LogP contribution in [0.5, 0.6) is 5.75 Å². The molecule has 0 aliphatic rings. The number of carbonyl (C=O) groups is 2. The molecule has 0 radical (unpaired) electrons. The monoisotopic (exact) mass is 410 g/mol. The fourth-order valence-corrected chi connectivity index (χ4v) is 2.91. The van der Waals surface area contributed by atoms with Crippen LogP contribution in [-0.4, -0.2) is 30.9 Å². The maximum Gasteiger partial charge on any atom is 0.255 e. The quantitative estimate of drug-likeness (QED) is 0.651. The lowest BCUT2D eigenvalue weighted by molar-refractivity contribution is 0.0784. The van der Waals surface area contributed by atoms with E-state index in [9.17, 15) is 18.4 Å². The Kier molecular flexibility index (Phi) is 6.41. The molecule has 0 aliphatic carbocycles. The molecule has 3 aromatic rings. The van der Waals surface area contributed by atoms with Crippen LogP contribution in [0.4, 0.5) is 14.5 Å². The Morgan fingerprint density at radius 3 is 2.37 bits per heavy atom. The summed E-state index contributed by atoms with van der Waals surface area (Å²) in [4.78, 5) is 26.5. The number of anilines is 1. The van der Waals surface area contributed by atoms with E-state index >= 15 is 0 Å². The molecule has 0 spiro atoms. The van der Waals surface area contributed by atoms with Crippen LogP contribution >= 0.6 is 0 Å². The standard InChI is InChI=1S/C23H20F2N2O3/c1-27(14-15-6-11-21(30-2)20(25)12-15)23(29)17-4-3-5-19(13-17)26-22(28)16-7-9-18(24)10-8-16/h3-13H,14H2,1-2H3,(H,26,28). The number of carbonyl (C=O) groups excluding carboxylic acids is 2. The summed E-state index contributed by atoms with van der Waals surface area (Å²) in [6.07, 6.45) is 0. The molecule has 0 saturated heterocycles. The Morgan fingerprint density at radius 1 is 0.967 bits per heavy atom. The summed E-state index contributed by atoms with van der Waals surface area (Å²) in [6, 6.07) is 16.1. The van der Waals surface area contributed by atoms with E-state index in [2.05, 4.69) is 5.32 Å². The lowest BCUT2D eigenvalue weighted by Crippen LogP contribution is -2.26. The van der Waals surface area contributed by atoms with Gasteiger partial charge in [0.05, 0.1) is 7.11 Å². The number of methoxy groups -OCH3 is 1. The SMILES string of the molecule is COc1ccc(CN(C)C(=O)c2cccc(NC(=O)c3ccc(F)cc3)c2)cc1F. The van der Waals surface area contributed by atoms with Crippen LogP contribution in [0.15, 0.2) is 66.7 Å². The molecular weight excluding hydrogens is 390 g/mol. The molecule has 3 aromatic carbocycles. The van der Waals surface area contributed by atoms with Gasteiger partial charge >= 0.3 is 0 Å². The lowest BCUT2D eigenvalue weighted by atomic mass is 10.1. The summed E-state index contributed by atoms with van der Waals surface area (Å²) >= 11 is 0. The van der Waals surface area contributed by atoms with Gasteiger partial charge < -0.3 is 15.0 Å². The summed E-state index contributed by atoms with van der Waals surface area (Å²) in [5, 5.41) is 2.69. The first-order valence-electron chi connectivity index (χ1n) is 9.12. The van der Waals surface area contributed by atoms with Crippen LogP contribution < -0.4 is 10.1 Å². The first-order chi connectivity index (χ1) is 14.4. The fraction of sp³-hybridized carbons (Fsp3) is 0.130. The molecule has 0 aliphatic heterocycles. The van der Waals surface area contributed by atoms with Crippen molar-refractivity contribution in [2.75, 3.05) is 19.5 Å². The summed E-state index contributed by atoms with van der Waals surface area (Å²) in [5.41, 5.74) is 1.71. The highest BCUT2D eigenvalue weighted by molar-refractivity contribution is 6.05. The molecule has 5 nitrogen and oxygen atoms in total. The summed E-state index contributed by atoms with van der Waals surface area (Å²) in [5.74, 6) is -1.50. The molecule has 0 fully saturated rings. The number of amides is 2. The van der Waals surface area contributed by atoms with Crippen molar-refractivity contribution in [2.45, 2.75) is 6.54 Å². The summed E-state index contributed by atoms with van der Waals surface area (Å²) < 4.78 is 31.8. The molecule has 7 heteroatoms. The van der Waals surface area contributed by atoms with Crippen molar-refractivity contribution < 1.29 is 23.1 Å². The highest BCUT2D eigenvalue weighted by Crippen LogP contribution is 2.20. The van der Waals surface area contributed by atoms with Gasteiger partial charge in [0.2, 0.25) is 0 Å². The maximum atomic E-state index is 13.9. The Labute approximate surface area is 172 Å². The zero-order chi connectivity index (χ0) is 21.7. The van der Waals surface area contributed by atoms with Gasteiger partial charge in [-0.15, -0.1) is 0 Å². The van der Waals surface area contributed by atoms with Gasteiger partial charge in [-0.2, -0.15) is 0 Å². The largest absolute Gasteiger partial charge is 0.494 e. The Balaban J connectivity index is 1.69. The first kappa shape index (κ1) is 21.0. The number of ether oxygens (including phenoxy) is 1. The van der Waals surface area contributed by atoms with Crippen LogP contribution in [0.2, 0.25) is 0 Å². The average molecular weight is 410 g/mol. The molecule has 30 heavy (non-hydrogen) atoms. The summed E-state index contributed by atoms with van der Waals surface area (Å²) in [7, 11) is 2.99. The van der Waals surface area contributed by atoms with E-state index in [-0.39, 0.29) is 18.2 Å². The van der Waals surface area contributed by atoms with Crippen LogP contribution in [0.3, 0.4) is 0 Å². The van der Waals surface area contributed by atoms with Gasteiger partial charge in [-0.05, 0) is 60.2 Å². The smallest absolute Gasteiger partial charge is 0.255 e. The van der Waals surface area contributed by atoms with E-state index in [1.165, 1.54) is 48.4 Å². The van der Waals surface area contributed by atoms with E-state index in [4.69, 9.17) is 4.74 Å². The predicted octanol–water partition coefficient (Wildman–Crippen LogP) is 4.50. The molecule has 154 valence electrons. The van der Waals surface area contributed by atoms with Gasteiger partial charge in [-0.25, -0.2) is 8.78 Å². The lowest BCUT2D eigenvalue weighted by Gasteiger charge is -2.18. The number of benzene rings is 3. The van der Waals surface area contributed by atoms with Crippen molar-refractivity contribution >= 4 is 17.5 Å². The number of rotatable bonds is 6. The fourth-order valence-electron chi connectivity index (χ4n) is 2.91.